The second-order valence-electron chi connectivity index (χ2n) is 4.34. The van der Waals surface area contributed by atoms with E-state index in [2.05, 4.69) is 4.72 Å². The molecule has 0 saturated carbocycles. The number of hydrogen-bond donors (Lipinski definition) is 3. The monoisotopic (exact) mass is 301 g/mol. The van der Waals surface area contributed by atoms with Gasteiger partial charge in [-0.05, 0) is 31.0 Å². The molecule has 0 aliphatic rings. The highest BCUT2D eigenvalue weighted by Gasteiger charge is 2.20. The van der Waals surface area contributed by atoms with Crippen molar-refractivity contribution in [3.05, 3.63) is 23.3 Å². The van der Waals surface area contributed by atoms with E-state index in [1.807, 2.05) is 0 Å². The Hall–Kier alpha value is -1.64. The Kier molecular flexibility index (Phi) is 5.49. The van der Waals surface area contributed by atoms with Gasteiger partial charge in [0.15, 0.2) is 0 Å². The van der Waals surface area contributed by atoms with Crippen LogP contribution in [0.1, 0.15) is 11.1 Å². The number of ether oxygens (including phenoxy) is 1. The first-order valence-corrected chi connectivity index (χ1v) is 7.45. The second kappa shape index (κ2) is 6.69. The zero-order chi connectivity index (χ0) is 15.3. The van der Waals surface area contributed by atoms with Crippen molar-refractivity contribution in [2.75, 3.05) is 25.5 Å². The van der Waals surface area contributed by atoms with E-state index >= 15 is 0 Å². The van der Waals surface area contributed by atoms with Crippen molar-refractivity contribution in [3.8, 4) is 0 Å². The van der Waals surface area contributed by atoms with Crippen LogP contribution in [0.2, 0.25) is 0 Å². The lowest BCUT2D eigenvalue weighted by molar-refractivity contribution is -0.122. The number of nitrogens with two attached hydrogens (primary N) is 2. The highest BCUT2D eigenvalue weighted by Crippen LogP contribution is 2.24. The average Bonchev–Trinajstić information content (AvgIpc) is 2.33. The van der Waals surface area contributed by atoms with Gasteiger partial charge >= 0.3 is 0 Å². The highest BCUT2D eigenvalue weighted by molar-refractivity contribution is 7.89. The standard InChI is InChI=1S/C12H19N3O4S/c1-8-3-4-10(13)9(2)12(8)20(17,18)15-5-6-19-7-11(14)16/h3-4,15H,5-7,13H2,1-2H3,(H2,14,16). The van der Waals surface area contributed by atoms with E-state index < -0.39 is 15.9 Å². The predicted molar refractivity (Wildman–Crippen MR) is 75.5 cm³/mol. The quantitative estimate of drug-likeness (QED) is 0.469. The summed E-state index contributed by atoms with van der Waals surface area (Å²) >= 11 is 0. The van der Waals surface area contributed by atoms with Crippen molar-refractivity contribution in [1.82, 2.24) is 4.72 Å². The van der Waals surface area contributed by atoms with Crippen molar-refractivity contribution < 1.29 is 17.9 Å². The molecule has 0 aromatic heterocycles. The molecule has 0 radical (unpaired) electrons. The SMILES string of the molecule is Cc1ccc(N)c(C)c1S(=O)(=O)NCCOCC(N)=O. The first kappa shape index (κ1) is 16.4. The van der Waals surface area contributed by atoms with E-state index in [0.717, 1.165) is 0 Å². The first-order chi connectivity index (χ1) is 9.25. The molecule has 0 aliphatic carbocycles. The summed E-state index contributed by atoms with van der Waals surface area (Å²) < 4.78 is 31.7. The number of carbonyl (C=O) groups is 1. The maximum Gasteiger partial charge on any atom is 0.243 e. The summed E-state index contributed by atoms with van der Waals surface area (Å²) in [6.07, 6.45) is 0. The number of benzene rings is 1. The number of primary amides is 1. The fourth-order valence-electron chi connectivity index (χ4n) is 1.75. The largest absolute Gasteiger partial charge is 0.398 e. The zero-order valence-corrected chi connectivity index (χ0v) is 12.3. The van der Waals surface area contributed by atoms with E-state index in [0.29, 0.717) is 16.8 Å². The van der Waals surface area contributed by atoms with E-state index in [1.165, 1.54) is 0 Å². The Morgan fingerprint density at radius 3 is 2.60 bits per heavy atom. The molecule has 1 amide bonds. The van der Waals surface area contributed by atoms with Crippen LogP contribution < -0.4 is 16.2 Å². The van der Waals surface area contributed by atoms with Gasteiger partial charge < -0.3 is 16.2 Å². The van der Waals surface area contributed by atoms with Gasteiger partial charge in [0, 0.05) is 12.2 Å². The van der Waals surface area contributed by atoms with Crippen LogP contribution in [0.3, 0.4) is 0 Å². The Bertz CT molecular complexity index is 599. The summed E-state index contributed by atoms with van der Waals surface area (Å²) in [5, 5.41) is 0. The van der Waals surface area contributed by atoms with Crippen LogP contribution in [-0.4, -0.2) is 34.1 Å². The van der Waals surface area contributed by atoms with Crippen LogP contribution in [0.4, 0.5) is 5.69 Å². The minimum atomic E-state index is -3.67. The van der Waals surface area contributed by atoms with Crippen LogP contribution in [0, 0.1) is 13.8 Å². The van der Waals surface area contributed by atoms with Gasteiger partial charge in [-0.3, -0.25) is 4.79 Å². The van der Waals surface area contributed by atoms with E-state index in [-0.39, 0.29) is 24.7 Å². The molecule has 0 heterocycles. The maximum absolute atomic E-state index is 12.2. The number of hydrogen-bond acceptors (Lipinski definition) is 5. The molecule has 0 atom stereocenters. The summed E-state index contributed by atoms with van der Waals surface area (Å²) in [5.41, 5.74) is 12.2. The third kappa shape index (κ3) is 4.19. The van der Waals surface area contributed by atoms with Gasteiger partial charge in [-0.25, -0.2) is 13.1 Å². The van der Waals surface area contributed by atoms with Gasteiger partial charge in [0.05, 0.1) is 11.5 Å². The number of amides is 1. The molecule has 0 bridgehead atoms. The predicted octanol–water partition coefficient (Wildman–Crippen LogP) is -0.334. The first-order valence-electron chi connectivity index (χ1n) is 5.97. The number of aryl methyl sites for hydroxylation is 1. The molecule has 7 nitrogen and oxygen atoms in total. The van der Waals surface area contributed by atoms with Gasteiger partial charge in [0.2, 0.25) is 15.9 Å². The lowest BCUT2D eigenvalue weighted by Crippen LogP contribution is -2.30. The maximum atomic E-state index is 12.2. The molecule has 1 aromatic rings. The van der Waals surface area contributed by atoms with Crippen LogP contribution in [0.5, 0.6) is 0 Å². The Balaban J connectivity index is 2.75. The third-order valence-electron chi connectivity index (χ3n) is 2.70. The third-order valence-corrected chi connectivity index (χ3v) is 4.45. The minimum Gasteiger partial charge on any atom is -0.398 e. The summed E-state index contributed by atoms with van der Waals surface area (Å²) in [6, 6.07) is 3.32. The molecule has 5 N–H and O–H groups in total. The molecular weight excluding hydrogens is 282 g/mol. The number of sulfonamides is 1. The van der Waals surface area contributed by atoms with Crippen molar-refractivity contribution in [2.45, 2.75) is 18.7 Å². The summed E-state index contributed by atoms with van der Waals surface area (Å²) in [4.78, 5) is 10.6. The normalized spacial score (nSPS) is 11.5. The molecule has 0 aliphatic heterocycles. The van der Waals surface area contributed by atoms with E-state index in [1.54, 1.807) is 26.0 Å². The van der Waals surface area contributed by atoms with Gasteiger partial charge in [-0.15, -0.1) is 0 Å². The zero-order valence-electron chi connectivity index (χ0n) is 11.5. The van der Waals surface area contributed by atoms with Crippen molar-refractivity contribution >= 4 is 21.6 Å². The van der Waals surface area contributed by atoms with Crippen molar-refractivity contribution in [1.29, 1.82) is 0 Å². The number of rotatable bonds is 7. The van der Waals surface area contributed by atoms with Gasteiger partial charge in [0.1, 0.15) is 6.61 Å². The van der Waals surface area contributed by atoms with Gasteiger partial charge in [-0.2, -0.15) is 0 Å². The smallest absolute Gasteiger partial charge is 0.243 e. The molecule has 20 heavy (non-hydrogen) atoms. The molecule has 0 unspecified atom stereocenters. The lowest BCUT2D eigenvalue weighted by atomic mass is 10.1. The molecule has 1 rings (SSSR count). The Morgan fingerprint density at radius 1 is 1.35 bits per heavy atom. The number of nitrogen functional groups attached to an aromatic ring is 1. The second-order valence-corrected chi connectivity index (χ2v) is 6.05. The molecule has 0 fully saturated rings. The highest BCUT2D eigenvalue weighted by atomic mass is 32.2. The Labute approximate surface area is 118 Å². The van der Waals surface area contributed by atoms with Crippen LogP contribution in [0.25, 0.3) is 0 Å². The van der Waals surface area contributed by atoms with Crippen LogP contribution in [-0.2, 0) is 19.6 Å². The average molecular weight is 301 g/mol. The van der Waals surface area contributed by atoms with Gasteiger partial charge in [-0.1, -0.05) is 6.07 Å². The van der Waals surface area contributed by atoms with Crippen molar-refractivity contribution in [2.24, 2.45) is 5.73 Å². The number of anilines is 1. The topological polar surface area (TPSA) is 125 Å². The van der Waals surface area contributed by atoms with E-state index in [9.17, 15) is 13.2 Å². The fourth-order valence-corrected chi connectivity index (χ4v) is 3.26. The molecule has 112 valence electrons. The molecule has 1 aromatic carbocycles. The van der Waals surface area contributed by atoms with Gasteiger partial charge in [0.25, 0.3) is 0 Å². The number of nitrogens with one attached hydrogen (secondary N) is 1. The van der Waals surface area contributed by atoms with Crippen LogP contribution in [0.15, 0.2) is 17.0 Å². The molecule has 8 heteroatoms. The molecule has 0 spiro atoms. The lowest BCUT2D eigenvalue weighted by Gasteiger charge is -2.13. The fraction of sp³-hybridized carbons (Fsp3) is 0.417. The summed E-state index contributed by atoms with van der Waals surface area (Å²) in [6.45, 7) is 3.22. The summed E-state index contributed by atoms with van der Waals surface area (Å²) in [7, 11) is -3.67. The number of carbonyl (C=O) groups excluding carboxylic acids is 1. The summed E-state index contributed by atoms with van der Waals surface area (Å²) in [5.74, 6) is -0.602. The van der Waals surface area contributed by atoms with Crippen LogP contribution >= 0.6 is 0 Å². The van der Waals surface area contributed by atoms with E-state index in [4.69, 9.17) is 16.2 Å². The molecular formula is C12H19N3O4S. The molecule has 0 saturated heterocycles. The van der Waals surface area contributed by atoms with Crippen molar-refractivity contribution in [3.63, 3.8) is 0 Å². The Morgan fingerprint density at radius 2 is 2.00 bits per heavy atom. The minimum absolute atomic E-state index is 0.0449.